The Hall–Kier alpha value is 0. The highest BCUT2D eigenvalue weighted by molar-refractivity contribution is 5.05. The molecule has 0 bridgehead atoms. The molecule has 0 aromatic carbocycles. The van der Waals surface area contributed by atoms with Crippen molar-refractivity contribution in [2.24, 2.45) is 5.92 Å². The third kappa shape index (κ3) is 1.21. The smallest absolute Gasteiger partial charge is 0.0210 e. The van der Waals surface area contributed by atoms with Crippen molar-refractivity contribution >= 4 is 0 Å². The third-order valence-electron chi connectivity index (χ3n) is 3.19. The van der Waals surface area contributed by atoms with Crippen LogP contribution in [0.1, 0.15) is 51.4 Å². The van der Waals surface area contributed by atoms with E-state index in [1.54, 1.807) is 0 Å². The summed E-state index contributed by atoms with van der Waals surface area (Å²) in [4.78, 5) is 0. The lowest BCUT2D eigenvalue weighted by Crippen LogP contribution is -2.24. The maximum absolute atomic E-state index is 1.92. The fourth-order valence-electron chi connectivity index (χ4n) is 2.33. The summed E-state index contributed by atoms with van der Waals surface area (Å²) in [5, 5.41) is 0. The molecule has 0 spiro atoms. The van der Waals surface area contributed by atoms with Crippen LogP contribution in [0.5, 0.6) is 0 Å². The molecule has 0 aliphatic heterocycles. The van der Waals surface area contributed by atoms with Gasteiger partial charge in [-0.2, -0.15) is 0 Å². The van der Waals surface area contributed by atoms with Gasteiger partial charge >= 0.3 is 0 Å². The van der Waals surface area contributed by atoms with Crippen LogP contribution in [0.25, 0.3) is 0 Å². The fourth-order valence-corrected chi connectivity index (χ4v) is 2.33. The van der Waals surface area contributed by atoms with Gasteiger partial charge in [-0.1, -0.05) is 25.7 Å². The highest BCUT2D eigenvalue weighted by atomic mass is 14.4. The number of hydrogen-bond donors (Lipinski definition) is 0. The summed E-state index contributed by atoms with van der Waals surface area (Å²) in [6.45, 7) is 0. The van der Waals surface area contributed by atoms with Gasteiger partial charge in [-0.25, -0.2) is 0 Å². The maximum Gasteiger partial charge on any atom is -0.0210 e. The van der Waals surface area contributed by atoms with Gasteiger partial charge in [0.25, 0.3) is 0 Å². The van der Waals surface area contributed by atoms with Gasteiger partial charge in [-0.05, 0) is 37.5 Å². The van der Waals surface area contributed by atoms with Gasteiger partial charge in [0.05, 0.1) is 0 Å². The van der Waals surface area contributed by atoms with Crippen molar-refractivity contribution in [1.82, 2.24) is 0 Å². The molecule has 2 fully saturated rings. The highest BCUT2D eigenvalue weighted by Crippen LogP contribution is 2.44. The van der Waals surface area contributed by atoms with Crippen molar-refractivity contribution < 1.29 is 0 Å². The molecule has 1 atom stereocenters. The second-order valence-electron chi connectivity index (χ2n) is 3.85. The monoisotopic (exact) mass is 137 g/mol. The molecule has 0 aromatic heterocycles. The van der Waals surface area contributed by atoms with Gasteiger partial charge in [0.15, 0.2) is 0 Å². The van der Waals surface area contributed by atoms with Gasteiger partial charge in [0.1, 0.15) is 0 Å². The minimum atomic E-state index is 1.08. The Morgan fingerprint density at radius 3 is 2.50 bits per heavy atom. The third-order valence-corrected chi connectivity index (χ3v) is 3.19. The van der Waals surface area contributed by atoms with Gasteiger partial charge in [0.2, 0.25) is 0 Å². The molecular weight excluding hydrogens is 120 g/mol. The number of fused-ring (bicyclic) bond motifs is 1. The van der Waals surface area contributed by atoms with E-state index in [2.05, 4.69) is 0 Å². The Bertz CT molecular complexity index is 92.6. The van der Waals surface area contributed by atoms with Crippen molar-refractivity contribution in [3.05, 3.63) is 5.92 Å². The number of rotatable bonds is 0. The molecule has 0 N–H and O–H groups in total. The largest absolute Gasteiger partial charge is 0.0533 e. The standard InChI is InChI=1S/C10H17/c1-2-4-6-10-8-7-9(10)5-3-1/h9H,1-8H2. The molecule has 10 heavy (non-hydrogen) atoms. The molecule has 2 rings (SSSR count). The molecule has 57 valence electrons. The van der Waals surface area contributed by atoms with Crippen molar-refractivity contribution in [1.29, 1.82) is 0 Å². The maximum atomic E-state index is 1.92. The molecular formula is C10H17. The van der Waals surface area contributed by atoms with Gasteiger partial charge in [-0.15, -0.1) is 0 Å². The van der Waals surface area contributed by atoms with Gasteiger partial charge < -0.3 is 0 Å². The second kappa shape index (κ2) is 2.94. The quantitative estimate of drug-likeness (QED) is 0.480. The van der Waals surface area contributed by atoms with E-state index >= 15 is 0 Å². The Morgan fingerprint density at radius 1 is 0.800 bits per heavy atom. The van der Waals surface area contributed by atoms with E-state index in [1.807, 2.05) is 5.92 Å². The lowest BCUT2D eigenvalue weighted by Gasteiger charge is -2.37. The van der Waals surface area contributed by atoms with Crippen LogP contribution in [-0.4, -0.2) is 0 Å². The van der Waals surface area contributed by atoms with Crippen LogP contribution in [0.4, 0.5) is 0 Å². The summed E-state index contributed by atoms with van der Waals surface area (Å²) in [5.74, 6) is 3.00. The van der Waals surface area contributed by atoms with E-state index in [0.717, 1.165) is 5.92 Å². The van der Waals surface area contributed by atoms with Crippen molar-refractivity contribution in [2.75, 3.05) is 0 Å². The van der Waals surface area contributed by atoms with E-state index in [0.29, 0.717) is 0 Å². The first-order valence-electron chi connectivity index (χ1n) is 4.81. The summed E-state index contributed by atoms with van der Waals surface area (Å²) in [7, 11) is 0. The molecule has 0 aromatic rings. The SMILES string of the molecule is C1CCCC2CC[C]2CC1. The zero-order chi connectivity index (χ0) is 6.81. The molecule has 2 aliphatic rings. The molecule has 2 saturated carbocycles. The predicted octanol–water partition coefficient (Wildman–Crippen LogP) is 3.33. The van der Waals surface area contributed by atoms with Crippen LogP contribution in [-0.2, 0) is 0 Å². The van der Waals surface area contributed by atoms with E-state index in [4.69, 9.17) is 0 Å². The molecule has 1 unspecified atom stereocenters. The normalized spacial score (nSPS) is 35.4. The van der Waals surface area contributed by atoms with E-state index in [1.165, 1.54) is 51.4 Å². The Balaban J connectivity index is 1.83. The summed E-state index contributed by atoms with van der Waals surface area (Å²) in [5.41, 5.74) is 0. The van der Waals surface area contributed by atoms with E-state index in [-0.39, 0.29) is 0 Å². The Kier molecular flexibility index (Phi) is 1.97. The van der Waals surface area contributed by atoms with Crippen LogP contribution < -0.4 is 0 Å². The first kappa shape index (κ1) is 6.69. The minimum Gasteiger partial charge on any atom is -0.0533 e. The zero-order valence-corrected chi connectivity index (χ0v) is 6.73. The molecule has 0 amide bonds. The first-order chi connectivity index (χ1) is 4.97. The zero-order valence-electron chi connectivity index (χ0n) is 6.73. The fraction of sp³-hybridized carbons (Fsp3) is 0.900. The van der Waals surface area contributed by atoms with Crippen molar-refractivity contribution in [3.8, 4) is 0 Å². The Morgan fingerprint density at radius 2 is 1.70 bits per heavy atom. The average molecular weight is 137 g/mol. The van der Waals surface area contributed by atoms with Crippen LogP contribution >= 0.6 is 0 Å². The van der Waals surface area contributed by atoms with Crippen molar-refractivity contribution in [3.63, 3.8) is 0 Å². The molecule has 0 heterocycles. The summed E-state index contributed by atoms with van der Waals surface area (Å²) >= 11 is 0. The second-order valence-corrected chi connectivity index (χ2v) is 3.85. The molecule has 0 heteroatoms. The van der Waals surface area contributed by atoms with E-state index in [9.17, 15) is 0 Å². The lowest BCUT2D eigenvalue weighted by atomic mass is 9.68. The molecule has 2 aliphatic carbocycles. The molecule has 1 radical (unpaired) electrons. The van der Waals surface area contributed by atoms with E-state index < -0.39 is 0 Å². The van der Waals surface area contributed by atoms with Crippen LogP contribution in [0.2, 0.25) is 0 Å². The predicted molar refractivity (Wildman–Crippen MR) is 43.7 cm³/mol. The average Bonchev–Trinajstić information content (AvgIpc) is 1.89. The highest BCUT2D eigenvalue weighted by Gasteiger charge is 2.30. The lowest BCUT2D eigenvalue weighted by molar-refractivity contribution is 0.288. The van der Waals surface area contributed by atoms with Crippen LogP contribution in [0.15, 0.2) is 0 Å². The van der Waals surface area contributed by atoms with Gasteiger partial charge in [0, 0.05) is 0 Å². The molecule has 0 saturated heterocycles. The number of hydrogen-bond acceptors (Lipinski definition) is 0. The summed E-state index contributed by atoms with van der Waals surface area (Å²) < 4.78 is 0. The first-order valence-corrected chi connectivity index (χ1v) is 4.81. The summed E-state index contributed by atoms with van der Waals surface area (Å²) in [6.07, 6.45) is 12.0. The summed E-state index contributed by atoms with van der Waals surface area (Å²) in [6, 6.07) is 0. The minimum absolute atomic E-state index is 1.08. The topological polar surface area (TPSA) is 0 Å². The van der Waals surface area contributed by atoms with Gasteiger partial charge in [-0.3, -0.25) is 0 Å². The van der Waals surface area contributed by atoms with Crippen molar-refractivity contribution in [2.45, 2.75) is 51.4 Å². The molecule has 0 nitrogen and oxygen atoms in total. The Labute approximate surface area is 64.0 Å². The van der Waals surface area contributed by atoms with Crippen LogP contribution in [0.3, 0.4) is 0 Å². The van der Waals surface area contributed by atoms with Crippen LogP contribution in [0, 0.1) is 11.8 Å².